The fourth-order valence-electron chi connectivity index (χ4n) is 2.08. The van der Waals surface area contributed by atoms with Gasteiger partial charge in [-0.1, -0.05) is 0 Å². The average Bonchev–Trinajstić information content (AvgIpc) is 3.24. The van der Waals surface area contributed by atoms with Gasteiger partial charge in [0.15, 0.2) is 11.7 Å². The second-order valence-corrected chi connectivity index (χ2v) is 6.88. The summed E-state index contributed by atoms with van der Waals surface area (Å²) in [4.78, 5) is 8.06. The Bertz CT molecular complexity index is 550. The zero-order valence-electron chi connectivity index (χ0n) is 14.8. The molecule has 0 radical (unpaired) electrons. The van der Waals surface area contributed by atoms with Crippen LogP contribution >= 0.6 is 35.3 Å². The molecule has 1 aromatic heterocycles. The van der Waals surface area contributed by atoms with Crippen LogP contribution in [0.15, 0.2) is 10.4 Å². The predicted octanol–water partition coefficient (Wildman–Crippen LogP) is 3.69. The molecule has 0 aromatic carbocycles. The van der Waals surface area contributed by atoms with Gasteiger partial charge in [-0.25, -0.2) is 4.98 Å². The van der Waals surface area contributed by atoms with Crippen molar-refractivity contribution >= 4 is 41.3 Å². The smallest absolute Gasteiger partial charge is 0.381 e. The molecule has 0 spiro atoms. The highest BCUT2D eigenvalue weighted by atomic mass is 127. The Hall–Kier alpha value is -0.620. The number of aliphatic imine (C=N–C) groups is 1. The van der Waals surface area contributed by atoms with Crippen LogP contribution in [0.3, 0.4) is 0 Å². The first-order valence-corrected chi connectivity index (χ1v) is 9.48. The van der Waals surface area contributed by atoms with E-state index >= 15 is 0 Å². The lowest BCUT2D eigenvalue weighted by atomic mass is 10.4. The van der Waals surface area contributed by atoms with E-state index in [4.69, 9.17) is 4.74 Å². The quantitative estimate of drug-likeness (QED) is 0.220. The standard InChI is InChI=1S/C16H25F3N4OS.HI/c1-2-20-15(21-7-3-9-24-10-12-4-5-12)22-8-6-14-23-13(11-25-14)16(17,18)19;/h11-12H,2-10H2,1H3,(H2,20,21,22);1H. The number of aromatic nitrogens is 1. The van der Waals surface area contributed by atoms with Gasteiger partial charge in [-0.15, -0.1) is 35.3 Å². The van der Waals surface area contributed by atoms with Crippen LogP contribution in [0.5, 0.6) is 0 Å². The van der Waals surface area contributed by atoms with Gasteiger partial charge in [-0.2, -0.15) is 13.2 Å². The SMILES string of the molecule is CCNC(=NCCCOCC1CC1)NCCc1nc(C(F)(F)F)cs1.I. The second-order valence-electron chi connectivity index (χ2n) is 5.93. The summed E-state index contributed by atoms with van der Waals surface area (Å²) in [6, 6.07) is 0. The summed E-state index contributed by atoms with van der Waals surface area (Å²) in [7, 11) is 0. The van der Waals surface area contributed by atoms with Crippen LogP contribution in [0.4, 0.5) is 13.2 Å². The van der Waals surface area contributed by atoms with Crippen molar-refractivity contribution in [2.24, 2.45) is 10.9 Å². The third kappa shape index (κ3) is 9.36. The predicted molar refractivity (Wildman–Crippen MR) is 108 cm³/mol. The number of ether oxygens (including phenoxy) is 1. The molecule has 0 atom stereocenters. The van der Waals surface area contributed by atoms with Gasteiger partial charge in [-0.3, -0.25) is 4.99 Å². The lowest BCUT2D eigenvalue weighted by Crippen LogP contribution is -2.38. The first kappa shape index (κ1) is 23.4. The van der Waals surface area contributed by atoms with Crippen molar-refractivity contribution in [2.75, 3.05) is 32.8 Å². The van der Waals surface area contributed by atoms with Gasteiger partial charge in [0, 0.05) is 44.6 Å². The van der Waals surface area contributed by atoms with Crippen LogP contribution in [0.2, 0.25) is 0 Å². The zero-order valence-corrected chi connectivity index (χ0v) is 17.9. The van der Waals surface area contributed by atoms with Crippen molar-refractivity contribution in [3.05, 3.63) is 16.1 Å². The van der Waals surface area contributed by atoms with Gasteiger partial charge in [0.2, 0.25) is 0 Å². The molecule has 1 heterocycles. The Morgan fingerprint density at radius 3 is 2.77 bits per heavy atom. The van der Waals surface area contributed by atoms with E-state index in [9.17, 15) is 13.2 Å². The molecule has 1 fully saturated rings. The molecule has 1 aliphatic rings. The summed E-state index contributed by atoms with van der Waals surface area (Å²) in [5.41, 5.74) is -0.820. The topological polar surface area (TPSA) is 58.5 Å². The molecule has 0 bridgehead atoms. The van der Waals surface area contributed by atoms with Crippen molar-refractivity contribution in [1.29, 1.82) is 0 Å². The lowest BCUT2D eigenvalue weighted by Gasteiger charge is -2.10. The number of hydrogen-bond acceptors (Lipinski definition) is 4. The molecule has 1 saturated carbocycles. The summed E-state index contributed by atoms with van der Waals surface area (Å²) in [6.07, 6.45) is -0.521. The number of nitrogens with one attached hydrogen (secondary N) is 2. The number of guanidine groups is 1. The average molecular weight is 506 g/mol. The summed E-state index contributed by atoms with van der Waals surface area (Å²) in [5, 5.41) is 7.75. The third-order valence-corrected chi connectivity index (χ3v) is 4.49. The number of hydrogen-bond donors (Lipinski definition) is 2. The maximum absolute atomic E-state index is 12.5. The number of halogens is 4. The molecule has 1 aliphatic carbocycles. The van der Waals surface area contributed by atoms with Crippen LogP contribution in [-0.4, -0.2) is 43.8 Å². The van der Waals surface area contributed by atoms with Crippen molar-refractivity contribution in [2.45, 2.75) is 38.8 Å². The van der Waals surface area contributed by atoms with Crippen LogP contribution in [0.25, 0.3) is 0 Å². The van der Waals surface area contributed by atoms with Gasteiger partial charge in [0.25, 0.3) is 0 Å². The highest BCUT2D eigenvalue weighted by Crippen LogP contribution is 2.30. The van der Waals surface area contributed by atoms with Gasteiger partial charge >= 0.3 is 6.18 Å². The largest absolute Gasteiger partial charge is 0.434 e. The van der Waals surface area contributed by atoms with Crippen LogP contribution in [0, 0.1) is 5.92 Å². The molecular weight excluding hydrogens is 480 g/mol. The number of thiazole rings is 1. The van der Waals surface area contributed by atoms with Gasteiger partial charge < -0.3 is 15.4 Å². The molecular formula is C16H26F3IN4OS. The van der Waals surface area contributed by atoms with Crippen molar-refractivity contribution in [1.82, 2.24) is 15.6 Å². The van der Waals surface area contributed by atoms with Gasteiger partial charge in [-0.05, 0) is 32.1 Å². The minimum Gasteiger partial charge on any atom is -0.381 e. The highest BCUT2D eigenvalue weighted by molar-refractivity contribution is 14.0. The monoisotopic (exact) mass is 506 g/mol. The van der Waals surface area contributed by atoms with E-state index < -0.39 is 11.9 Å². The molecule has 2 N–H and O–H groups in total. The van der Waals surface area contributed by atoms with Gasteiger partial charge in [0.05, 0.1) is 5.01 Å². The van der Waals surface area contributed by atoms with E-state index in [1.165, 1.54) is 12.8 Å². The number of alkyl halides is 3. The van der Waals surface area contributed by atoms with Crippen LogP contribution in [0.1, 0.15) is 36.9 Å². The normalized spacial score (nSPS) is 14.8. The van der Waals surface area contributed by atoms with E-state index in [0.29, 0.717) is 37.1 Å². The van der Waals surface area contributed by atoms with Gasteiger partial charge in [0.1, 0.15) is 0 Å². The first-order valence-electron chi connectivity index (χ1n) is 8.60. The molecule has 5 nitrogen and oxygen atoms in total. The summed E-state index contributed by atoms with van der Waals surface area (Å²) < 4.78 is 43.1. The molecule has 0 amide bonds. The lowest BCUT2D eigenvalue weighted by molar-refractivity contribution is -0.140. The van der Waals surface area contributed by atoms with E-state index in [0.717, 1.165) is 42.2 Å². The molecule has 0 saturated heterocycles. The first-order chi connectivity index (χ1) is 12.0. The minimum atomic E-state index is -4.37. The molecule has 0 aliphatic heterocycles. The second kappa shape index (κ2) is 12.0. The molecule has 10 heteroatoms. The fourth-order valence-corrected chi connectivity index (χ4v) is 2.88. The molecule has 150 valence electrons. The van der Waals surface area contributed by atoms with E-state index in [-0.39, 0.29) is 24.0 Å². The third-order valence-electron chi connectivity index (χ3n) is 3.58. The maximum Gasteiger partial charge on any atom is 0.434 e. The maximum atomic E-state index is 12.5. The van der Waals surface area contributed by atoms with Crippen molar-refractivity contribution in [3.8, 4) is 0 Å². The Morgan fingerprint density at radius 1 is 1.38 bits per heavy atom. The number of nitrogens with zero attached hydrogens (tertiary/aromatic N) is 2. The zero-order chi connectivity index (χ0) is 18.1. The van der Waals surface area contributed by atoms with Crippen molar-refractivity contribution < 1.29 is 17.9 Å². The van der Waals surface area contributed by atoms with E-state index in [1.807, 2.05) is 6.92 Å². The molecule has 0 unspecified atom stereocenters. The molecule has 26 heavy (non-hydrogen) atoms. The summed E-state index contributed by atoms with van der Waals surface area (Å²) in [6.45, 7) is 5.38. The molecule has 2 rings (SSSR count). The summed E-state index contributed by atoms with van der Waals surface area (Å²) in [5.74, 6) is 1.43. The molecule has 1 aromatic rings. The Labute approximate surface area is 173 Å². The minimum absolute atomic E-state index is 0. The van der Waals surface area contributed by atoms with Crippen molar-refractivity contribution in [3.63, 3.8) is 0 Å². The van der Waals surface area contributed by atoms with E-state index in [1.54, 1.807) is 0 Å². The van der Waals surface area contributed by atoms with E-state index in [2.05, 4.69) is 20.6 Å². The Kier molecular flexibility index (Phi) is 10.8. The Morgan fingerprint density at radius 2 is 2.15 bits per heavy atom. The fraction of sp³-hybridized carbons (Fsp3) is 0.750. The van der Waals surface area contributed by atoms with Crippen LogP contribution in [-0.2, 0) is 17.3 Å². The van der Waals surface area contributed by atoms with Crippen LogP contribution < -0.4 is 10.6 Å². The summed E-state index contributed by atoms with van der Waals surface area (Å²) >= 11 is 1.03. The number of rotatable bonds is 10. The highest BCUT2D eigenvalue weighted by Gasteiger charge is 2.33. The Balaban J connectivity index is 0.00000338.